The molecule has 4 N–H and O–H groups in total. The first-order valence-corrected chi connectivity index (χ1v) is 11.8. The average molecular weight is 539 g/mol. The second-order valence-electron chi connectivity index (χ2n) is 9.34. The largest absolute Gasteiger partial charge is 0.465 e. The van der Waals surface area contributed by atoms with Crippen molar-refractivity contribution in [1.29, 1.82) is 0 Å². The topological polar surface area (TPSA) is 167 Å². The van der Waals surface area contributed by atoms with Gasteiger partial charge in [-0.1, -0.05) is 10.4 Å². The minimum absolute atomic E-state index is 0.0235. The molecule has 1 aromatic carbocycles. The van der Waals surface area contributed by atoms with Crippen molar-refractivity contribution in [2.75, 3.05) is 19.7 Å². The molecule has 4 heterocycles. The van der Waals surface area contributed by atoms with Crippen molar-refractivity contribution < 1.29 is 47.7 Å². The fourth-order valence-electron chi connectivity index (χ4n) is 4.91. The van der Waals surface area contributed by atoms with Gasteiger partial charge in [0.15, 0.2) is 17.5 Å². The number of carboxylic acid groups (broad SMARTS) is 1. The smallest absolute Gasteiger partial charge is 0.407 e. The van der Waals surface area contributed by atoms with Crippen LogP contribution in [0.25, 0.3) is 11.3 Å². The number of aromatic nitrogens is 4. The van der Waals surface area contributed by atoms with Crippen molar-refractivity contribution in [3.05, 3.63) is 53.3 Å². The molecular formula is C23H24F3N5O7. The zero-order chi connectivity index (χ0) is 27.1. The number of rotatable bonds is 6. The van der Waals surface area contributed by atoms with Gasteiger partial charge in [0, 0.05) is 37.1 Å². The molecule has 0 saturated carbocycles. The van der Waals surface area contributed by atoms with Crippen LogP contribution in [0.3, 0.4) is 0 Å². The third-order valence-electron chi connectivity index (χ3n) is 6.94. The van der Waals surface area contributed by atoms with E-state index >= 15 is 0 Å². The summed E-state index contributed by atoms with van der Waals surface area (Å²) in [6.07, 6.45) is -4.12. The highest BCUT2D eigenvalue weighted by molar-refractivity contribution is 5.65. The van der Waals surface area contributed by atoms with E-state index in [2.05, 4.69) is 15.5 Å². The Kier molecular flexibility index (Phi) is 7.09. The zero-order valence-corrected chi connectivity index (χ0v) is 19.7. The quantitative estimate of drug-likeness (QED) is 0.333. The molecular weight excluding hydrogens is 515 g/mol. The minimum Gasteiger partial charge on any atom is -0.465 e. The van der Waals surface area contributed by atoms with Gasteiger partial charge in [0.1, 0.15) is 35.8 Å². The number of halogens is 3. The summed E-state index contributed by atoms with van der Waals surface area (Å²) in [6.45, 7) is 0.0488. The maximum atomic E-state index is 13.7. The third-order valence-corrected chi connectivity index (χ3v) is 6.94. The first-order chi connectivity index (χ1) is 18.2. The second kappa shape index (κ2) is 10.3. The van der Waals surface area contributed by atoms with Gasteiger partial charge in [-0.2, -0.15) is 0 Å². The number of aliphatic hydroxyl groups is 3. The van der Waals surface area contributed by atoms with E-state index in [0.717, 1.165) is 16.8 Å². The van der Waals surface area contributed by atoms with E-state index in [1.807, 2.05) is 0 Å². The molecule has 0 radical (unpaired) electrons. The molecule has 0 spiro atoms. The summed E-state index contributed by atoms with van der Waals surface area (Å²) in [5.74, 6) is -4.14. The minimum atomic E-state index is -1.63. The number of likely N-dealkylation sites (tertiary alicyclic amines) is 1. The molecule has 1 amide bonds. The summed E-state index contributed by atoms with van der Waals surface area (Å²) in [4.78, 5) is 12.5. The number of carbonyl (C=O) groups is 1. The van der Waals surface area contributed by atoms with E-state index < -0.39 is 60.6 Å². The van der Waals surface area contributed by atoms with Crippen molar-refractivity contribution in [2.24, 2.45) is 0 Å². The number of ether oxygens (including phenoxy) is 1. The first-order valence-electron chi connectivity index (χ1n) is 11.8. The van der Waals surface area contributed by atoms with Crippen LogP contribution in [-0.2, 0) is 11.2 Å². The standard InChI is InChI=1S/C23H24F3N5O7/c24-13-3-11(4-14(25)19(13)26)15-8-31(29-27-15)20-21(33)17(37-18(9-32)22(20)34)6-12-5-16(38-28-12)10-1-2-30(7-10)23(35)36/h3-5,8,10,17-18,20-22,32-34H,1-2,6-7,9H2,(H,35,36)/t10?,17-,18-,20-,21+,22+/m1/s1. The summed E-state index contributed by atoms with van der Waals surface area (Å²) in [5, 5.41) is 52.5. The molecule has 12 nitrogen and oxygen atoms in total. The van der Waals surface area contributed by atoms with E-state index in [1.54, 1.807) is 6.07 Å². The van der Waals surface area contributed by atoms with E-state index in [9.17, 15) is 33.3 Å². The Morgan fingerprint density at radius 3 is 2.47 bits per heavy atom. The van der Waals surface area contributed by atoms with Crippen LogP contribution in [0.4, 0.5) is 18.0 Å². The van der Waals surface area contributed by atoms with Gasteiger partial charge < -0.3 is 34.6 Å². The Morgan fingerprint density at radius 2 is 1.82 bits per heavy atom. The van der Waals surface area contributed by atoms with Gasteiger partial charge in [-0.25, -0.2) is 22.6 Å². The molecule has 6 atom stereocenters. The van der Waals surface area contributed by atoms with Crippen LogP contribution in [0.5, 0.6) is 0 Å². The number of nitrogens with zero attached hydrogens (tertiary/aromatic N) is 5. The predicted octanol–water partition coefficient (Wildman–Crippen LogP) is 1.08. The van der Waals surface area contributed by atoms with Crippen molar-refractivity contribution in [3.8, 4) is 11.3 Å². The summed E-state index contributed by atoms with van der Waals surface area (Å²) >= 11 is 0. The van der Waals surface area contributed by atoms with E-state index in [1.165, 1.54) is 11.1 Å². The Bertz CT molecular complexity index is 1300. The van der Waals surface area contributed by atoms with Crippen LogP contribution >= 0.6 is 0 Å². The Morgan fingerprint density at radius 1 is 1.11 bits per heavy atom. The van der Waals surface area contributed by atoms with Crippen LogP contribution in [-0.4, -0.2) is 95.7 Å². The van der Waals surface area contributed by atoms with Crippen molar-refractivity contribution >= 4 is 6.09 Å². The zero-order valence-electron chi connectivity index (χ0n) is 19.7. The van der Waals surface area contributed by atoms with Crippen LogP contribution in [0.1, 0.15) is 29.8 Å². The summed E-state index contributed by atoms with van der Waals surface area (Å²) < 4.78 is 52.9. The lowest BCUT2D eigenvalue weighted by molar-refractivity contribution is -0.205. The van der Waals surface area contributed by atoms with E-state index in [0.29, 0.717) is 24.4 Å². The maximum absolute atomic E-state index is 13.7. The SMILES string of the molecule is O=C(O)N1CCC(c2cc(C[C@H]3O[C@H](CO)[C@H](O)[C@H](n4cc(-c5cc(F)c(F)c(F)c5)nn4)[C@H]3O)no2)C1. The highest BCUT2D eigenvalue weighted by atomic mass is 19.2. The van der Waals surface area contributed by atoms with Crippen molar-refractivity contribution in [2.45, 2.75) is 49.2 Å². The monoisotopic (exact) mass is 539 g/mol. The molecule has 2 fully saturated rings. The number of hydrogen-bond donors (Lipinski definition) is 4. The van der Waals surface area contributed by atoms with Crippen molar-refractivity contribution in [1.82, 2.24) is 25.1 Å². The Labute approximate surface area is 212 Å². The maximum Gasteiger partial charge on any atom is 0.407 e. The van der Waals surface area contributed by atoms with Crippen LogP contribution in [0, 0.1) is 17.5 Å². The van der Waals surface area contributed by atoms with Gasteiger partial charge in [0.25, 0.3) is 0 Å². The lowest BCUT2D eigenvalue weighted by Crippen LogP contribution is -2.56. The normalized spacial score (nSPS) is 27.7. The summed E-state index contributed by atoms with van der Waals surface area (Å²) in [5.41, 5.74) is 0.252. The van der Waals surface area contributed by atoms with Gasteiger partial charge in [-0.3, -0.25) is 0 Å². The third kappa shape index (κ3) is 4.84. The second-order valence-corrected chi connectivity index (χ2v) is 9.34. The molecule has 2 aliphatic rings. The molecule has 5 rings (SSSR count). The molecule has 2 aliphatic heterocycles. The Balaban J connectivity index is 1.35. The number of aliphatic hydroxyl groups excluding tert-OH is 3. The number of benzene rings is 1. The van der Waals surface area contributed by atoms with Gasteiger partial charge in [0.2, 0.25) is 0 Å². The molecule has 2 saturated heterocycles. The highest BCUT2D eigenvalue weighted by Crippen LogP contribution is 2.34. The molecule has 0 aliphatic carbocycles. The number of hydrogen-bond acceptors (Lipinski definition) is 9. The van der Waals surface area contributed by atoms with Gasteiger partial charge in [-0.15, -0.1) is 5.10 Å². The molecule has 1 unspecified atom stereocenters. The van der Waals surface area contributed by atoms with Crippen LogP contribution < -0.4 is 0 Å². The van der Waals surface area contributed by atoms with Gasteiger partial charge >= 0.3 is 6.09 Å². The Hall–Kier alpha value is -3.53. The molecule has 38 heavy (non-hydrogen) atoms. The molecule has 2 aromatic heterocycles. The van der Waals surface area contributed by atoms with Crippen LogP contribution in [0.2, 0.25) is 0 Å². The highest BCUT2D eigenvalue weighted by Gasteiger charge is 2.46. The predicted molar refractivity (Wildman–Crippen MR) is 119 cm³/mol. The van der Waals surface area contributed by atoms with Gasteiger partial charge in [0.05, 0.1) is 24.6 Å². The fourth-order valence-corrected chi connectivity index (χ4v) is 4.91. The lowest BCUT2D eigenvalue weighted by Gasteiger charge is -2.42. The lowest BCUT2D eigenvalue weighted by atomic mass is 9.90. The molecule has 204 valence electrons. The molecule has 3 aromatic rings. The van der Waals surface area contributed by atoms with Gasteiger partial charge in [-0.05, 0) is 18.6 Å². The molecule has 15 heteroatoms. The van der Waals surface area contributed by atoms with Crippen LogP contribution in [0.15, 0.2) is 28.9 Å². The van der Waals surface area contributed by atoms with E-state index in [4.69, 9.17) is 14.4 Å². The molecule has 0 bridgehead atoms. The summed E-state index contributed by atoms with van der Waals surface area (Å²) in [7, 11) is 0. The number of amides is 1. The average Bonchev–Trinajstić information content (AvgIpc) is 3.65. The first kappa shape index (κ1) is 26.1. The van der Waals surface area contributed by atoms with E-state index in [-0.39, 0.29) is 30.1 Å². The summed E-state index contributed by atoms with van der Waals surface area (Å²) in [6, 6.07) is 1.95. The van der Waals surface area contributed by atoms with Crippen molar-refractivity contribution in [3.63, 3.8) is 0 Å². The fraction of sp³-hybridized carbons (Fsp3) is 0.478.